The van der Waals surface area contributed by atoms with E-state index >= 15 is 0 Å². The van der Waals surface area contributed by atoms with Crippen LogP contribution in [0.25, 0.3) is 0 Å². The predicted octanol–water partition coefficient (Wildman–Crippen LogP) is 6.09. The highest BCUT2D eigenvalue weighted by molar-refractivity contribution is 14.1. The van der Waals surface area contributed by atoms with E-state index in [-0.39, 0.29) is 0 Å². The maximum atomic E-state index is 4.54. The van der Waals surface area contributed by atoms with Gasteiger partial charge in [-0.15, -0.1) is 0 Å². The fourth-order valence-corrected chi connectivity index (χ4v) is 2.53. The minimum atomic E-state index is 0.981. The minimum absolute atomic E-state index is 0.981. The lowest BCUT2D eigenvalue weighted by Crippen LogP contribution is -1.90. The summed E-state index contributed by atoms with van der Waals surface area (Å²) in [5, 5.41) is 3.37. The molecule has 3 rings (SSSR count). The second kappa shape index (κ2) is 7.42. The van der Waals surface area contributed by atoms with Crippen molar-refractivity contribution in [3.63, 3.8) is 0 Å². The summed E-state index contributed by atoms with van der Waals surface area (Å²) in [4.78, 5) is 4.54. The number of aryl methyl sites for hydroxylation is 1. The Bertz CT molecular complexity index is 809. The summed E-state index contributed by atoms with van der Waals surface area (Å²) in [5.74, 6) is 0. The number of nitrogens with one attached hydrogen (secondary N) is 1. The molecule has 0 heterocycles. The van der Waals surface area contributed by atoms with E-state index < -0.39 is 0 Å². The standard InChI is InChI=1S/C20H17IN2/c1-15-13-19(11-12-20(15)21)22-14-16-7-9-18(10-8-16)23-17-5-3-2-4-6-17/h2-14,23H,1H3. The highest BCUT2D eigenvalue weighted by Gasteiger charge is 1.96. The summed E-state index contributed by atoms with van der Waals surface area (Å²) in [5.41, 5.74) is 5.47. The summed E-state index contributed by atoms with van der Waals surface area (Å²) in [6, 6.07) is 24.6. The quantitative estimate of drug-likeness (QED) is 0.407. The number of hydrogen-bond acceptors (Lipinski definition) is 2. The normalized spacial score (nSPS) is 10.9. The molecule has 1 N–H and O–H groups in total. The third kappa shape index (κ3) is 4.42. The topological polar surface area (TPSA) is 24.4 Å². The number of anilines is 2. The van der Waals surface area contributed by atoms with Crippen molar-refractivity contribution in [1.29, 1.82) is 0 Å². The molecule has 2 nitrogen and oxygen atoms in total. The van der Waals surface area contributed by atoms with Crippen molar-refractivity contribution in [3.8, 4) is 0 Å². The van der Waals surface area contributed by atoms with Gasteiger partial charge in [0, 0.05) is 21.2 Å². The highest BCUT2D eigenvalue weighted by Crippen LogP contribution is 2.20. The average Bonchev–Trinajstić information content (AvgIpc) is 2.58. The minimum Gasteiger partial charge on any atom is -0.356 e. The van der Waals surface area contributed by atoms with Crippen LogP contribution in [0.2, 0.25) is 0 Å². The molecule has 0 atom stereocenters. The predicted molar refractivity (Wildman–Crippen MR) is 107 cm³/mol. The maximum Gasteiger partial charge on any atom is 0.0633 e. The first-order valence-electron chi connectivity index (χ1n) is 7.43. The summed E-state index contributed by atoms with van der Waals surface area (Å²) in [7, 11) is 0. The van der Waals surface area contributed by atoms with E-state index in [2.05, 4.69) is 88.4 Å². The van der Waals surface area contributed by atoms with E-state index in [1.54, 1.807) is 0 Å². The molecule has 3 heteroatoms. The van der Waals surface area contributed by atoms with Crippen LogP contribution in [0.4, 0.5) is 17.1 Å². The third-order valence-electron chi connectivity index (χ3n) is 3.48. The summed E-state index contributed by atoms with van der Waals surface area (Å²) >= 11 is 2.33. The van der Waals surface area contributed by atoms with Crippen LogP contribution < -0.4 is 5.32 Å². The van der Waals surface area contributed by atoms with Crippen molar-refractivity contribution in [2.45, 2.75) is 6.92 Å². The van der Waals surface area contributed by atoms with Crippen LogP contribution in [0.5, 0.6) is 0 Å². The van der Waals surface area contributed by atoms with Crippen molar-refractivity contribution >= 4 is 45.9 Å². The molecule has 0 spiro atoms. The van der Waals surface area contributed by atoms with E-state index in [1.807, 2.05) is 30.5 Å². The fraction of sp³-hybridized carbons (Fsp3) is 0.0500. The fourth-order valence-electron chi connectivity index (χ4n) is 2.20. The number of nitrogens with zero attached hydrogens (tertiary/aromatic N) is 1. The van der Waals surface area contributed by atoms with Crippen LogP contribution >= 0.6 is 22.6 Å². The third-order valence-corrected chi connectivity index (χ3v) is 4.69. The number of rotatable bonds is 4. The van der Waals surface area contributed by atoms with Crippen LogP contribution in [0.1, 0.15) is 11.1 Å². The van der Waals surface area contributed by atoms with Crippen molar-refractivity contribution in [2.24, 2.45) is 4.99 Å². The lowest BCUT2D eigenvalue weighted by atomic mass is 10.2. The van der Waals surface area contributed by atoms with Gasteiger partial charge < -0.3 is 5.32 Å². The average molecular weight is 412 g/mol. The Kier molecular flexibility index (Phi) is 5.08. The van der Waals surface area contributed by atoms with Crippen molar-refractivity contribution in [3.05, 3.63) is 87.5 Å². The lowest BCUT2D eigenvalue weighted by molar-refractivity contribution is 1.40. The molecule has 0 fully saturated rings. The van der Waals surface area contributed by atoms with Crippen LogP contribution in [0.15, 0.2) is 77.8 Å². The molecule has 0 radical (unpaired) electrons. The molecule has 0 saturated heterocycles. The Morgan fingerprint density at radius 2 is 1.57 bits per heavy atom. The van der Waals surface area contributed by atoms with Crippen LogP contribution in [-0.2, 0) is 0 Å². The smallest absolute Gasteiger partial charge is 0.0633 e. The Morgan fingerprint density at radius 3 is 2.26 bits per heavy atom. The van der Waals surface area contributed by atoms with Gasteiger partial charge in [-0.25, -0.2) is 0 Å². The zero-order valence-electron chi connectivity index (χ0n) is 12.8. The number of benzene rings is 3. The Hall–Kier alpha value is -2.14. The molecule has 3 aromatic carbocycles. The molecule has 0 aliphatic heterocycles. The maximum absolute atomic E-state index is 4.54. The summed E-state index contributed by atoms with van der Waals surface area (Å²) in [6.45, 7) is 2.10. The van der Waals surface area contributed by atoms with Gasteiger partial charge in [0.25, 0.3) is 0 Å². The Morgan fingerprint density at radius 1 is 0.870 bits per heavy atom. The molecular weight excluding hydrogens is 395 g/mol. The molecule has 0 bridgehead atoms. The number of hydrogen-bond donors (Lipinski definition) is 1. The SMILES string of the molecule is Cc1cc(N=Cc2ccc(Nc3ccccc3)cc2)ccc1I. The molecule has 114 valence electrons. The van der Waals surface area contributed by atoms with E-state index in [9.17, 15) is 0 Å². The van der Waals surface area contributed by atoms with Crippen LogP contribution in [0.3, 0.4) is 0 Å². The molecule has 0 aromatic heterocycles. The van der Waals surface area contributed by atoms with Gasteiger partial charge in [0.15, 0.2) is 0 Å². The summed E-state index contributed by atoms with van der Waals surface area (Å²) < 4.78 is 1.26. The van der Waals surface area contributed by atoms with Gasteiger partial charge in [0.05, 0.1) is 5.69 Å². The molecule has 0 aliphatic rings. The van der Waals surface area contributed by atoms with Gasteiger partial charge in [-0.05, 0) is 83.1 Å². The van der Waals surface area contributed by atoms with Gasteiger partial charge in [0.2, 0.25) is 0 Å². The molecular formula is C20H17IN2. The van der Waals surface area contributed by atoms with Crippen molar-refractivity contribution in [1.82, 2.24) is 0 Å². The van der Waals surface area contributed by atoms with E-state index in [0.29, 0.717) is 0 Å². The van der Waals surface area contributed by atoms with E-state index in [1.165, 1.54) is 9.13 Å². The van der Waals surface area contributed by atoms with Crippen LogP contribution in [-0.4, -0.2) is 6.21 Å². The molecule has 23 heavy (non-hydrogen) atoms. The highest BCUT2D eigenvalue weighted by atomic mass is 127. The molecule has 0 unspecified atom stereocenters. The van der Waals surface area contributed by atoms with Gasteiger partial charge >= 0.3 is 0 Å². The number of para-hydroxylation sites is 1. The number of aliphatic imine (C=N–C) groups is 1. The molecule has 0 aliphatic carbocycles. The number of halogens is 1. The molecule has 0 saturated carbocycles. The second-order valence-electron chi connectivity index (χ2n) is 5.30. The van der Waals surface area contributed by atoms with Crippen molar-refractivity contribution < 1.29 is 0 Å². The van der Waals surface area contributed by atoms with Gasteiger partial charge in [0.1, 0.15) is 0 Å². The first-order valence-corrected chi connectivity index (χ1v) is 8.51. The first kappa shape index (κ1) is 15.7. The summed E-state index contributed by atoms with van der Waals surface area (Å²) in [6.07, 6.45) is 1.90. The van der Waals surface area contributed by atoms with Gasteiger partial charge in [-0.1, -0.05) is 30.3 Å². The first-order chi connectivity index (χ1) is 11.2. The Balaban J connectivity index is 1.69. The van der Waals surface area contributed by atoms with Gasteiger partial charge in [-0.3, -0.25) is 4.99 Å². The zero-order chi connectivity index (χ0) is 16.1. The Labute approximate surface area is 150 Å². The van der Waals surface area contributed by atoms with Gasteiger partial charge in [-0.2, -0.15) is 0 Å². The lowest BCUT2D eigenvalue weighted by Gasteiger charge is -2.06. The largest absolute Gasteiger partial charge is 0.356 e. The molecule has 3 aromatic rings. The molecule has 0 amide bonds. The zero-order valence-corrected chi connectivity index (χ0v) is 15.0. The van der Waals surface area contributed by atoms with Crippen molar-refractivity contribution in [2.75, 3.05) is 5.32 Å². The van der Waals surface area contributed by atoms with E-state index in [0.717, 1.165) is 22.6 Å². The van der Waals surface area contributed by atoms with E-state index in [4.69, 9.17) is 0 Å². The monoisotopic (exact) mass is 412 g/mol. The van der Waals surface area contributed by atoms with Crippen LogP contribution in [0, 0.1) is 10.5 Å². The second-order valence-corrected chi connectivity index (χ2v) is 6.47.